The largest absolute Gasteiger partial charge is 0.478 e. The van der Waals surface area contributed by atoms with Gasteiger partial charge in [-0.05, 0) is 36.6 Å². The zero-order valence-corrected chi connectivity index (χ0v) is 11.5. The Balaban J connectivity index is 1.58. The predicted octanol–water partition coefficient (Wildman–Crippen LogP) is 2.07. The SMILES string of the molecule is O=C(O)C=Cc1ccc(N2CCN(C3CC3)CC2)cc1. The summed E-state index contributed by atoms with van der Waals surface area (Å²) in [7, 11) is 0. The second-order valence-corrected chi connectivity index (χ2v) is 5.52. The lowest BCUT2D eigenvalue weighted by Gasteiger charge is -2.36. The molecule has 0 aromatic heterocycles. The average Bonchev–Trinajstić information content (AvgIpc) is 3.31. The number of benzene rings is 1. The lowest BCUT2D eigenvalue weighted by Crippen LogP contribution is -2.47. The Morgan fingerprint density at radius 1 is 1.10 bits per heavy atom. The van der Waals surface area contributed by atoms with Crippen LogP contribution in [0.15, 0.2) is 30.3 Å². The molecule has 1 heterocycles. The molecule has 1 N–H and O–H groups in total. The molecule has 4 heteroatoms. The molecule has 0 atom stereocenters. The molecule has 0 spiro atoms. The van der Waals surface area contributed by atoms with Gasteiger partial charge < -0.3 is 10.0 Å². The van der Waals surface area contributed by atoms with Gasteiger partial charge >= 0.3 is 5.97 Å². The van der Waals surface area contributed by atoms with Crippen LogP contribution in [0.4, 0.5) is 5.69 Å². The molecule has 3 rings (SSSR count). The van der Waals surface area contributed by atoms with Gasteiger partial charge in [0.1, 0.15) is 0 Å². The summed E-state index contributed by atoms with van der Waals surface area (Å²) in [4.78, 5) is 15.5. The fraction of sp³-hybridized carbons (Fsp3) is 0.438. The molecule has 1 aromatic carbocycles. The van der Waals surface area contributed by atoms with Gasteiger partial charge in [-0.15, -0.1) is 0 Å². The van der Waals surface area contributed by atoms with Crippen LogP contribution < -0.4 is 4.90 Å². The monoisotopic (exact) mass is 272 g/mol. The highest BCUT2D eigenvalue weighted by Gasteiger charge is 2.31. The van der Waals surface area contributed by atoms with Crippen molar-refractivity contribution < 1.29 is 9.90 Å². The van der Waals surface area contributed by atoms with E-state index >= 15 is 0 Å². The number of hydrogen-bond acceptors (Lipinski definition) is 3. The third-order valence-electron chi connectivity index (χ3n) is 4.05. The molecule has 1 saturated heterocycles. The third-order valence-corrected chi connectivity index (χ3v) is 4.05. The van der Waals surface area contributed by atoms with E-state index in [0.29, 0.717) is 0 Å². The Bertz CT molecular complexity index is 498. The zero-order chi connectivity index (χ0) is 13.9. The number of carboxylic acids is 1. The summed E-state index contributed by atoms with van der Waals surface area (Å²) in [6.45, 7) is 4.48. The van der Waals surface area contributed by atoms with Crippen LogP contribution in [0.5, 0.6) is 0 Å². The summed E-state index contributed by atoms with van der Waals surface area (Å²) in [5, 5.41) is 8.61. The molecule has 1 saturated carbocycles. The van der Waals surface area contributed by atoms with Crippen molar-refractivity contribution in [2.45, 2.75) is 18.9 Å². The Hall–Kier alpha value is -1.81. The highest BCUT2D eigenvalue weighted by atomic mass is 16.4. The molecular weight excluding hydrogens is 252 g/mol. The van der Waals surface area contributed by atoms with E-state index in [1.54, 1.807) is 6.08 Å². The number of carbonyl (C=O) groups is 1. The van der Waals surface area contributed by atoms with E-state index in [0.717, 1.165) is 37.8 Å². The minimum absolute atomic E-state index is 0.862. The fourth-order valence-electron chi connectivity index (χ4n) is 2.75. The second-order valence-electron chi connectivity index (χ2n) is 5.52. The van der Waals surface area contributed by atoms with E-state index < -0.39 is 5.97 Å². The lowest BCUT2D eigenvalue weighted by molar-refractivity contribution is -0.131. The predicted molar refractivity (Wildman–Crippen MR) is 79.9 cm³/mol. The molecule has 0 unspecified atom stereocenters. The van der Waals surface area contributed by atoms with Crippen molar-refractivity contribution in [3.63, 3.8) is 0 Å². The minimum Gasteiger partial charge on any atom is -0.478 e. The normalized spacial score (nSPS) is 20.5. The van der Waals surface area contributed by atoms with Gasteiger partial charge in [-0.1, -0.05) is 12.1 Å². The summed E-state index contributed by atoms with van der Waals surface area (Å²) >= 11 is 0. The maximum Gasteiger partial charge on any atom is 0.328 e. The zero-order valence-electron chi connectivity index (χ0n) is 11.5. The average molecular weight is 272 g/mol. The van der Waals surface area contributed by atoms with E-state index in [2.05, 4.69) is 21.9 Å². The molecule has 1 aliphatic heterocycles. The molecule has 1 aromatic rings. The van der Waals surface area contributed by atoms with E-state index in [4.69, 9.17) is 5.11 Å². The first-order chi connectivity index (χ1) is 9.72. The van der Waals surface area contributed by atoms with Crippen LogP contribution in [0.3, 0.4) is 0 Å². The third kappa shape index (κ3) is 3.20. The van der Waals surface area contributed by atoms with Crippen LogP contribution in [0, 0.1) is 0 Å². The summed E-state index contributed by atoms with van der Waals surface area (Å²) in [5.74, 6) is -0.912. The van der Waals surface area contributed by atoms with Gasteiger partial charge in [-0.25, -0.2) is 4.79 Å². The maximum atomic E-state index is 10.5. The number of piperazine rings is 1. The molecule has 0 radical (unpaired) electrons. The molecule has 2 fully saturated rings. The molecular formula is C16H20N2O2. The van der Waals surface area contributed by atoms with E-state index in [9.17, 15) is 4.79 Å². The summed E-state index contributed by atoms with van der Waals surface area (Å²) < 4.78 is 0. The highest BCUT2D eigenvalue weighted by molar-refractivity contribution is 5.85. The number of rotatable bonds is 4. The number of nitrogens with zero attached hydrogens (tertiary/aromatic N) is 2. The Morgan fingerprint density at radius 3 is 2.30 bits per heavy atom. The smallest absolute Gasteiger partial charge is 0.328 e. The van der Waals surface area contributed by atoms with Gasteiger partial charge in [0.15, 0.2) is 0 Å². The van der Waals surface area contributed by atoms with Crippen LogP contribution in [-0.2, 0) is 4.79 Å². The van der Waals surface area contributed by atoms with Gasteiger partial charge in [-0.3, -0.25) is 4.90 Å². The van der Waals surface area contributed by atoms with Crippen molar-refractivity contribution in [3.05, 3.63) is 35.9 Å². The van der Waals surface area contributed by atoms with Gasteiger partial charge in [-0.2, -0.15) is 0 Å². The number of aliphatic carboxylic acids is 1. The van der Waals surface area contributed by atoms with Crippen molar-refractivity contribution in [1.82, 2.24) is 4.90 Å². The van der Waals surface area contributed by atoms with E-state index in [1.165, 1.54) is 24.6 Å². The summed E-state index contributed by atoms with van der Waals surface area (Å²) in [5.41, 5.74) is 2.15. The van der Waals surface area contributed by atoms with Gasteiger partial charge in [0.05, 0.1) is 0 Å². The fourth-order valence-corrected chi connectivity index (χ4v) is 2.75. The number of anilines is 1. The van der Waals surface area contributed by atoms with Gasteiger partial charge in [0.25, 0.3) is 0 Å². The Kier molecular flexibility index (Phi) is 3.74. The molecule has 106 valence electrons. The van der Waals surface area contributed by atoms with Gasteiger partial charge in [0.2, 0.25) is 0 Å². The number of carboxylic acid groups (broad SMARTS) is 1. The second kappa shape index (κ2) is 5.67. The van der Waals surface area contributed by atoms with E-state index in [1.807, 2.05) is 12.1 Å². The maximum absolute atomic E-state index is 10.5. The van der Waals surface area contributed by atoms with Crippen LogP contribution >= 0.6 is 0 Å². The van der Waals surface area contributed by atoms with E-state index in [-0.39, 0.29) is 0 Å². The van der Waals surface area contributed by atoms with Crippen LogP contribution in [-0.4, -0.2) is 48.2 Å². The topological polar surface area (TPSA) is 43.8 Å². The minimum atomic E-state index is -0.912. The molecule has 20 heavy (non-hydrogen) atoms. The lowest BCUT2D eigenvalue weighted by atomic mass is 10.1. The molecule has 0 bridgehead atoms. The number of hydrogen-bond donors (Lipinski definition) is 1. The molecule has 4 nitrogen and oxygen atoms in total. The van der Waals surface area contributed by atoms with Crippen LogP contribution in [0.25, 0.3) is 6.08 Å². The summed E-state index contributed by atoms with van der Waals surface area (Å²) in [6, 6.07) is 8.97. The van der Waals surface area contributed by atoms with Crippen molar-refractivity contribution in [2.24, 2.45) is 0 Å². The van der Waals surface area contributed by atoms with Crippen molar-refractivity contribution >= 4 is 17.7 Å². The van der Waals surface area contributed by atoms with Crippen molar-refractivity contribution in [2.75, 3.05) is 31.1 Å². The quantitative estimate of drug-likeness (QED) is 0.852. The molecule has 1 aliphatic carbocycles. The van der Waals surface area contributed by atoms with Crippen LogP contribution in [0.2, 0.25) is 0 Å². The molecule has 0 amide bonds. The Labute approximate surface area is 119 Å². The first-order valence-electron chi connectivity index (χ1n) is 7.22. The Morgan fingerprint density at radius 2 is 1.75 bits per heavy atom. The summed E-state index contributed by atoms with van der Waals surface area (Å²) in [6.07, 6.45) is 5.55. The van der Waals surface area contributed by atoms with Crippen LogP contribution in [0.1, 0.15) is 18.4 Å². The van der Waals surface area contributed by atoms with Gasteiger partial charge in [0, 0.05) is 44.0 Å². The standard InChI is InChI=1S/C16H20N2O2/c19-16(20)8-3-13-1-4-14(5-2-13)17-9-11-18(12-10-17)15-6-7-15/h1-5,8,15H,6-7,9-12H2,(H,19,20). The first kappa shape index (κ1) is 13.2. The highest BCUT2D eigenvalue weighted by Crippen LogP contribution is 2.28. The molecule has 2 aliphatic rings. The van der Waals surface area contributed by atoms with Crippen molar-refractivity contribution in [1.29, 1.82) is 0 Å². The van der Waals surface area contributed by atoms with Crippen molar-refractivity contribution in [3.8, 4) is 0 Å². The first-order valence-corrected chi connectivity index (χ1v) is 7.22.